The molecule has 0 fully saturated rings. The van der Waals surface area contributed by atoms with Crippen molar-refractivity contribution < 1.29 is 0 Å². The van der Waals surface area contributed by atoms with Crippen molar-refractivity contribution in [3.05, 3.63) is 35.4 Å². The van der Waals surface area contributed by atoms with Gasteiger partial charge in [0.2, 0.25) is 0 Å². The second-order valence-electron chi connectivity index (χ2n) is 4.87. The highest BCUT2D eigenvalue weighted by atomic mass is 32.1. The van der Waals surface area contributed by atoms with Crippen LogP contribution < -0.4 is 0 Å². The highest BCUT2D eigenvalue weighted by molar-refractivity contribution is 7.80. The summed E-state index contributed by atoms with van der Waals surface area (Å²) in [6.07, 6.45) is 4.88. The molecular formula is C16H25NS. The molecule has 100 valence electrons. The van der Waals surface area contributed by atoms with E-state index in [9.17, 15) is 0 Å². The maximum absolute atomic E-state index is 5.64. The Balaban J connectivity index is 2.70. The van der Waals surface area contributed by atoms with Crippen LogP contribution in [-0.4, -0.2) is 23.0 Å². The Hall–Kier alpha value is -0.890. The molecule has 0 aliphatic rings. The number of hydrogen-bond acceptors (Lipinski definition) is 1. The van der Waals surface area contributed by atoms with Gasteiger partial charge in [-0.2, -0.15) is 0 Å². The van der Waals surface area contributed by atoms with Crippen LogP contribution in [0.3, 0.4) is 0 Å². The Bertz CT molecular complexity index is 348. The molecule has 0 amide bonds. The lowest BCUT2D eigenvalue weighted by atomic mass is 10.1. The summed E-state index contributed by atoms with van der Waals surface area (Å²) in [6.45, 7) is 8.74. The molecule has 0 aromatic heterocycles. The highest BCUT2D eigenvalue weighted by Gasteiger charge is 2.10. The summed E-state index contributed by atoms with van der Waals surface area (Å²) in [6, 6.07) is 8.56. The molecule has 0 N–H and O–H groups in total. The summed E-state index contributed by atoms with van der Waals surface area (Å²) in [5, 5.41) is 0. The molecule has 0 aliphatic carbocycles. The third-order valence-corrected chi connectivity index (χ3v) is 3.64. The van der Waals surface area contributed by atoms with Crippen molar-refractivity contribution >= 4 is 17.2 Å². The summed E-state index contributed by atoms with van der Waals surface area (Å²) >= 11 is 5.64. The molecule has 2 heteroatoms. The van der Waals surface area contributed by atoms with Crippen LogP contribution in [-0.2, 0) is 0 Å². The van der Waals surface area contributed by atoms with Gasteiger partial charge in [-0.25, -0.2) is 0 Å². The van der Waals surface area contributed by atoms with Gasteiger partial charge in [0.1, 0.15) is 4.99 Å². The predicted octanol–water partition coefficient (Wildman–Crippen LogP) is 4.57. The van der Waals surface area contributed by atoms with Crippen LogP contribution in [0, 0.1) is 6.92 Å². The monoisotopic (exact) mass is 263 g/mol. The molecule has 18 heavy (non-hydrogen) atoms. The summed E-state index contributed by atoms with van der Waals surface area (Å²) in [7, 11) is 0. The predicted molar refractivity (Wildman–Crippen MR) is 84.3 cm³/mol. The number of rotatable bonds is 7. The van der Waals surface area contributed by atoms with Gasteiger partial charge in [0, 0.05) is 18.7 Å². The van der Waals surface area contributed by atoms with E-state index in [1.165, 1.54) is 36.8 Å². The third-order valence-electron chi connectivity index (χ3n) is 3.15. The van der Waals surface area contributed by atoms with E-state index in [1.807, 2.05) is 0 Å². The molecular weight excluding hydrogens is 238 g/mol. The average molecular weight is 263 g/mol. The van der Waals surface area contributed by atoms with Crippen LogP contribution in [0.25, 0.3) is 0 Å². The van der Waals surface area contributed by atoms with Crippen molar-refractivity contribution in [2.24, 2.45) is 0 Å². The first kappa shape index (κ1) is 15.2. The Morgan fingerprint density at radius 2 is 1.50 bits per heavy atom. The second kappa shape index (κ2) is 8.25. The van der Waals surface area contributed by atoms with Crippen molar-refractivity contribution in [1.82, 2.24) is 4.90 Å². The van der Waals surface area contributed by atoms with Gasteiger partial charge in [-0.1, -0.05) is 68.7 Å². The van der Waals surface area contributed by atoms with Gasteiger partial charge < -0.3 is 4.90 Å². The summed E-state index contributed by atoms with van der Waals surface area (Å²) in [5.41, 5.74) is 2.47. The van der Waals surface area contributed by atoms with Gasteiger partial charge in [-0.3, -0.25) is 0 Å². The van der Waals surface area contributed by atoms with E-state index in [0.29, 0.717) is 0 Å². The molecule has 1 aromatic carbocycles. The maximum atomic E-state index is 5.64. The standard InChI is InChI=1S/C16H25NS/c1-4-6-12-17(13-7-5-2)16(18)15-10-8-14(3)9-11-15/h8-11H,4-7,12-13H2,1-3H3. The molecule has 1 rings (SSSR count). The van der Waals surface area contributed by atoms with Gasteiger partial charge >= 0.3 is 0 Å². The maximum Gasteiger partial charge on any atom is 0.109 e. The van der Waals surface area contributed by atoms with Crippen LogP contribution in [0.5, 0.6) is 0 Å². The first-order chi connectivity index (χ1) is 8.69. The Morgan fingerprint density at radius 1 is 1.00 bits per heavy atom. The van der Waals surface area contributed by atoms with Crippen molar-refractivity contribution in [3.8, 4) is 0 Å². The number of nitrogens with zero attached hydrogens (tertiary/aromatic N) is 1. The van der Waals surface area contributed by atoms with E-state index in [4.69, 9.17) is 12.2 Å². The van der Waals surface area contributed by atoms with E-state index >= 15 is 0 Å². The zero-order valence-corrected chi connectivity index (χ0v) is 12.7. The highest BCUT2D eigenvalue weighted by Crippen LogP contribution is 2.10. The Labute approximate surface area is 117 Å². The van der Waals surface area contributed by atoms with Crippen LogP contribution in [0.15, 0.2) is 24.3 Å². The normalized spacial score (nSPS) is 10.4. The molecule has 0 radical (unpaired) electrons. The fourth-order valence-corrected chi connectivity index (χ4v) is 2.21. The molecule has 0 bridgehead atoms. The third kappa shape index (κ3) is 4.77. The van der Waals surface area contributed by atoms with Crippen LogP contribution in [0.1, 0.15) is 50.7 Å². The average Bonchev–Trinajstić information content (AvgIpc) is 2.39. The Kier molecular flexibility index (Phi) is 6.96. The first-order valence-corrected chi connectivity index (χ1v) is 7.45. The lowest BCUT2D eigenvalue weighted by Crippen LogP contribution is -2.32. The summed E-state index contributed by atoms with van der Waals surface area (Å²) < 4.78 is 0. The van der Waals surface area contributed by atoms with E-state index in [0.717, 1.165) is 18.1 Å². The van der Waals surface area contributed by atoms with Crippen molar-refractivity contribution in [2.75, 3.05) is 13.1 Å². The van der Waals surface area contributed by atoms with E-state index in [-0.39, 0.29) is 0 Å². The van der Waals surface area contributed by atoms with E-state index < -0.39 is 0 Å². The van der Waals surface area contributed by atoms with Gasteiger partial charge in [0.25, 0.3) is 0 Å². The van der Waals surface area contributed by atoms with Gasteiger partial charge in [-0.15, -0.1) is 0 Å². The quantitative estimate of drug-likeness (QED) is 0.663. The number of aryl methyl sites for hydroxylation is 1. The van der Waals surface area contributed by atoms with Crippen molar-refractivity contribution in [2.45, 2.75) is 46.5 Å². The van der Waals surface area contributed by atoms with Crippen LogP contribution >= 0.6 is 12.2 Å². The lowest BCUT2D eigenvalue weighted by molar-refractivity contribution is 0.405. The molecule has 0 atom stereocenters. The minimum atomic E-state index is 1.01. The first-order valence-electron chi connectivity index (χ1n) is 7.05. The zero-order valence-electron chi connectivity index (χ0n) is 11.9. The number of thiocarbonyl (C=S) groups is 1. The lowest BCUT2D eigenvalue weighted by Gasteiger charge is -2.25. The molecule has 1 nitrogen and oxygen atoms in total. The fourth-order valence-electron chi connectivity index (χ4n) is 1.89. The number of benzene rings is 1. The number of unbranched alkanes of at least 4 members (excludes halogenated alkanes) is 2. The molecule has 0 spiro atoms. The zero-order chi connectivity index (χ0) is 13.4. The van der Waals surface area contributed by atoms with E-state index in [1.54, 1.807) is 0 Å². The van der Waals surface area contributed by atoms with Crippen molar-refractivity contribution in [3.63, 3.8) is 0 Å². The van der Waals surface area contributed by atoms with Crippen molar-refractivity contribution in [1.29, 1.82) is 0 Å². The minimum absolute atomic E-state index is 1.01. The SMILES string of the molecule is CCCCN(CCCC)C(=S)c1ccc(C)cc1. The smallest absolute Gasteiger partial charge is 0.109 e. The summed E-state index contributed by atoms with van der Waals surface area (Å²) in [5.74, 6) is 0. The molecule has 0 unspecified atom stereocenters. The molecule has 0 saturated heterocycles. The Morgan fingerprint density at radius 3 is 1.94 bits per heavy atom. The largest absolute Gasteiger partial charge is 0.362 e. The van der Waals surface area contributed by atoms with E-state index in [2.05, 4.69) is 49.9 Å². The van der Waals surface area contributed by atoms with Gasteiger partial charge in [-0.05, 0) is 19.8 Å². The summed E-state index contributed by atoms with van der Waals surface area (Å²) in [4.78, 5) is 3.38. The molecule has 0 saturated carbocycles. The van der Waals surface area contributed by atoms with Gasteiger partial charge in [0.15, 0.2) is 0 Å². The minimum Gasteiger partial charge on any atom is -0.362 e. The van der Waals surface area contributed by atoms with Gasteiger partial charge in [0.05, 0.1) is 0 Å². The molecule has 0 aliphatic heterocycles. The molecule has 1 aromatic rings. The van der Waals surface area contributed by atoms with Crippen LogP contribution in [0.2, 0.25) is 0 Å². The number of hydrogen-bond donors (Lipinski definition) is 0. The fraction of sp³-hybridized carbons (Fsp3) is 0.562. The second-order valence-corrected chi connectivity index (χ2v) is 5.25. The van der Waals surface area contributed by atoms with Crippen LogP contribution in [0.4, 0.5) is 0 Å². The molecule has 0 heterocycles. The topological polar surface area (TPSA) is 3.24 Å².